The van der Waals surface area contributed by atoms with Gasteiger partial charge in [-0.05, 0) is 25.2 Å². The van der Waals surface area contributed by atoms with Gasteiger partial charge in [0.15, 0.2) is 0 Å². The fourth-order valence-electron chi connectivity index (χ4n) is 1.25. The zero-order valence-corrected chi connectivity index (χ0v) is 9.03. The second kappa shape index (κ2) is 7.39. The van der Waals surface area contributed by atoms with Gasteiger partial charge in [-0.2, -0.15) is 0 Å². The highest BCUT2D eigenvalue weighted by molar-refractivity contribution is 4.91. The molecule has 0 aliphatic rings. The van der Waals surface area contributed by atoms with Gasteiger partial charge in [0.2, 0.25) is 0 Å². The van der Waals surface area contributed by atoms with Crippen LogP contribution in [0.15, 0.2) is 12.2 Å². The second-order valence-electron chi connectivity index (χ2n) is 3.86. The molecule has 0 saturated heterocycles. The number of allylic oxidation sites excluding steroid dienone is 1. The van der Waals surface area contributed by atoms with Crippen LogP contribution in [-0.2, 0) is 0 Å². The van der Waals surface area contributed by atoms with Crippen LogP contribution in [0, 0.1) is 5.92 Å². The first-order chi connectivity index (χ1) is 5.70. The first-order valence-corrected chi connectivity index (χ1v) is 5.37. The van der Waals surface area contributed by atoms with Gasteiger partial charge >= 0.3 is 0 Å². The summed E-state index contributed by atoms with van der Waals surface area (Å²) in [7, 11) is 0. The highest BCUT2D eigenvalue weighted by atomic mass is 14.0. The van der Waals surface area contributed by atoms with Gasteiger partial charge in [0.1, 0.15) is 0 Å². The van der Waals surface area contributed by atoms with Crippen molar-refractivity contribution >= 4 is 0 Å². The van der Waals surface area contributed by atoms with Gasteiger partial charge in [-0.15, -0.1) is 0 Å². The predicted octanol–water partition coefficient (Wildman–Crippen LogP) is 4.56. The quantitative estimate of drug-likeness (QED) is 0.386. The zero-order chi connectivity index (χ0) is 9.40. The summed E-state index contributed by atoms with van der Waals surface area (Å²) in [4.78, 5) is 0. The Bertz CT molecular complexity index is 113. The van der Waals surface area contributed by atoms with Crippen molar-refractivity contribution in [3.63, 3.8) is 0 Å². The van der Waals surface area contributed by atoms with Gasteiger partial charge in [-0.25, -0.2) is 0 Å². The van der Waals surface area contributed by atoms with E-state index in [-0.39, 0.29) is 0 Å². The van der Waals surface area contributed by atoms with E-state index >= 15 is 0 Å². The molecule has 1 atom stereocenters. The lowest BCUT2D eigenvalue weighted by atomic mass is 9.99. The molecule has 0 heterocycles. The Morgan fingerprint density at radius 1 is 1.25 bits per heavy atom. The Morgan fingerprint density at radius 3 is 2.42 bits per heavy atom. The number of rotatable bonds is 7. The fraction of sp³-hybridized carbons (Fsp3) is 0.833. The van der Waals surface area contributed by atoms with Gasteiger partial charge in [-0.1, -0.05) is 52.2 Å². The third-order valence-electron chi connectivity index (χ3n) is 2.67. The molecular formula is C12H24. The molecule has 0 saturated carbocycles. The maximum absolute atomic E-state index is 4.01. The average Bonchev–Trinajstić information content (AvgIpc) is 2.11. The maximum atomic E-state index is 4.01. The van der Waals surface area contributed by atoms with E-state index in [4.69, 9.17) is 0 Å². The molecule has 0 aromatic heterocycles. The van der Waals surface area contributed by atoms with Gasteiger partial charge in [0.25, 0.3) is 0 Å². The minimum Gasteiger partial charge on any atom is -0.0999 e. The highest BCUT2D eigenvalue weighted by Crippen LogP contribution is 2.15. The monoisotopic (exact) mass is 168 g/mol. The van der Waals surface area contributed by atoms with Gasteiger partial charge in [-0.3, -0.25) is 0 Å². The Morgan fingerprint density at radius 2 is 1.92 bits per heavy atom. The molecule has 1 unspecified atom stereocenters. The first kappa shape index (κ1) is 11.7. The van der Waals surface area contributed by atoms with Gasteiger partial charge in [0, 0.05) is 0 Å². The van der Waals surface area contributed by atoms with E-state index in [2.05, 4.69) is 27.4 Å². The maximum Gasteiger partial charge on any atom is -0.0323 e. The molecule has 12 heavy (non-hydrogen) atoms. The van der Waals surface area contributed by atoms with Crippen LogP contribution in [0.2, 0.25) is 0 Å². The SMILES string of the molecule is C=C(CC)CCCCC(C)CC. The highest BCUT2D eigenvalue weighted by Gasteiger charge is 1.98. The lowest BCUT2D eigenvalue weighted by molar-refractivity contribution is 0.483. The van der Waals surface area contributed by atoms with Crippen LogP contribution >= 0.6 is 0 Å². The molecule has 0 aromatic rings. The van der Waals surface area contributed by atoms with Crippen molar-refractivity contribution in [2.45, 2.75) is 59.3 Å². The van der Waals surface area contributed by atoms with E-state index in [9.17, 15) is 0 Å². The summed E-state index contributed by atoms with van der Waals surface area (Å²) in [5.41, 5.74) is 1.42. The summed E-state index contributed by atoms with van der Waals surface area (Å²) in [6, 6.07) is 0. The predicted molar refractivity (Wildman–Crippen MR) is 57.4 cm³/mol. The van der Waals surface area contributed by atoms with E-state index < -0.39 is 0 Å². The third kappa shape index (κ3) is 6.45. The molecule has 72 valence electrons. The Labute approximate surface area is 78.1 Å². The topological polar surface area (TPSA) is 0 Å². The lowest BCUT2D eigenvalue weighted by Gasteiger charge is -2.07. The molecule has 0 fully saturated rings. The van der Waals surface area contributed by atoms with Crippen molar-refractivity contribution in [1.29, 1.82) is 0 Å². The summed E-state index contributed by atoms with van der Waals surface area (Å²) in [6.07, 6.45) is 7.85. The fourth-order valence-corrected chi connectivity index (χ4v) is 1.25. The van der Waals surface area contributed by atoms with Crippen LogP contribution in [0.5, 0.6) is 0 Å². The molecule has 0 heteroatoms. The van der Waals surface area contributed by atoms with E-state index in [0.29, 0.717) is 0 Å². The summed E-state index contributed by atoms with van der Waals surface area (Å²) >= 11 is 0. The Hall–Kier alpha value is -0.260. The molecule has 0 rings (SSSR count). The van der Waals surface area contributed by atoms with Crippen LogP contribution in [0.25, 0.3) is 0 Å². The van der Waals surface area contributed by atoms with E-state index in [1.807, 2.05) is 0 Å². The van der Waals surface area contributed by atoms with Gasteiger partial charge in [0.05, 0.1) is 0 Å². The molecule has 0 radical (unpaired) electrons. The van der Waals surface area contributed by atoms with E-state index in [1.54, 1.807) is 0 Å². The van der Waals surface area contributed by atoms with Crippen molar-refractivity contribution in [2.75, 3.05) is 0 Å². The van der Waals surface area contributed by atoms with Crippen LogP contribution in [0.3, 0.4) is 0 Å². The zero-order valence-electron chi connectivity index (χ0n) is 9.03. The summed E-state index contributed by atoms with van der Waals surface area (Å²) < 4.78 is 0. The lowest BCUT2D eigenvalue weighted by Crippen LogP contribution is -1.91. The molecule has 0 bridgehead atoms. The van der Waals surface area contributed by atoms with Crippen molar-refractivity contribution in [1.82, 2.24) is 0 Å². The molecule has 0 spiro atoms. The van der Waals surface area contributed by atoms with E-state index in [1.165, 1.54) is 37.7 Å². The molecule has 0 aliphatic carbocycles. The Balaban J connectivity index is 3.15. The smallest absolute Gasteiger partial charge is 0.0323 e. The Kier molecular flexibility index (Phi) is 7.23. The van der Waals surface area contributed by atoms with Gasteiger partial charge < -0.3 is 0 Å². The standard InChI is InChI=1S/C12H24/c1-5-11(3)9-7-8-10-12(4)6-2/h12H,3,5-10H2,1-2,4H3. The van der Waals surface area contributed by atoms with Crippen LogP contribution in [-0.4, -0.2) is 0 Å². The first-order valence-electron chi connectivity index (χ1n) is 5.37. The van der Waals surface area contributed by atoms with Crippen molar-refractivity contribution in [2.24, 2.45) is 5.92 Å². The number of hydrogen-bond acceptors (Lipinski definition) is 0. The van der Waals surface area contributed by atoms with Crippen LogP contribution in [0.1, 0.15) is 59.3 Å². The number of unbranched alkanes of at least 4 members (excludes halogenated alkanes) is 1. The summed E-state index contributed by atoms with van der Waals surface area (Å²) in [6.45, 7) is 10.8. The summed E-state index contributed by atoms with van der Waals surface area (Å²) in [5, 5.41) is 0. The molecule has 0 aromatic carbocycles. The van der Waals surface area contributed by atoms with Crippen molar-refractivity contribution < 1.29 is 0 Å². The molecule has 0 aliphatic heterocycles. The molecule has 0 N–H and O–H groups in total. The third-order valence-corrected chi connectivity index (χ3v) is 2.67. The van der Waals surface area contributed by atoms with Crippen LogP contribution < -0.4 is 0 Å². The average molecular weight is 168 g/mol. The summed E-state index contributed by atoms with van der Waals surface area (Å²) in [5.74, 6) is 0.917. The van der Waals surface area contributed by atoms with Crippen molar-refractivity contribution in [3.8, 4) is 0 Å². The second-order valence-corrected chi connectivity index (χ2v) is 3.86. The number of hydrogen-bond donors (Lipinski definition) is 0. The minimum atomic E-state index is 0.917. The van der Waals surface area contributed by atoms with E-state index in [0.717, 1.165) is 12.3 Å². The minimum absolute atomic E-state index is 0.917. The molecule has 0 amide bonds. The largest absolute Gasteiger partial charge is 0.0999 e. The normalized spacial score (nSPS) is 12.9. The molecule has 0 nitrogen and oxygen atoms in total. The van der Waals surface area contributed by atoms with Crippen molar-refractivity contribution in [3.05, 3.63) is 12.2 Å². The molecular weight excluding hydrogens is 144 g/mol. The van der Waals surface area contributed by atoms with Crippen LogP contribution in [0.4, 0.5) is 0 Å².